The first-order chi connectivity index (χ1) is 8.65. The minimum Gasteiger partial charge on any atom is -0.488 e. The first-order valence-electron chi connectivity index (χ1n) is 6.77. The SMILES string of the molecule is Cc1ccc2c(c1)CC(CNCCCN(C)C)O2. The minimum atomic E-state index is 0.307. The lowest BCUT2D eigenvalue weighted by atomic mass is 10.1. The van der Waals surface area contributed by atoms with Crippen LogP contribution in [0.1, 0.15) is 17.5 Å². The van der Waals surface area contributed by atoms with Crippen molar-refractivity contribution < 1.29 is 4.74 Å². The van der Waals surface area contributed by atoms with E-state index in [2.05, 4.69) is 49.4 Å². The van der Waals surface area contributed by atoms with Gasteiger partial charge < -0.3 is 15.0 Å². The number of benzene rings is 1. The van der Waals surface area contributed by atoms with Crippen molar-refractivity contribution in [1.29, 1.82) is 0 Å². The van der Waals surface area contributed by atoms with Gasteiger partial charge in [0.05, 0.1) is 0 Å². The predicted molar refractivity (Wildman–Crippen MR) is 75.3 cm³/mol. The second-order valence-electron chi connectivity index (χ2n) is 5.42. The van der Waals surface area contributed by atoms with Gasteiger partial charge in [-0.05, 0) is 52.2 Å². The molecule has 0 fully saturated rings. The molecule has 0 saturated carbocycles. The Hall–Kier alpha value is -1.06. The third-order valence-electron chi connectivity index (χ3n) is 3.29. The highest BCUT2D eigenvalue weighted by atomic mass is 16.5. The van der Waals surface area contributed by atoms with E-state index in [-0.39, 0.29) is 0 Å². The number of ether oxygens (including phenoxy) is 1. The lowest BCUT2D eigenvalue weighted by Crippen LogP contribution is -2.31. The summed E-state index contributed by atoms with van der Waals surface area (Å²) in [6.45, 7) is 5.28. The van der Waals surface area contributed by atoms with Gasteiger partial charge in [-0.15, -0.1) is 0 Å². The van der Waals surface area contributed by atoms with Gasteiger partial charge in [0.25, 0.3) is 0 Å². The molecule has 1 aliphatic heterocycles. The summed E-state index contributed by atoms with van der Waals surface area (Å²) < 4.78 is 5.92. The molecular weight excluding hydrogens is 224 g/mol. The van der Waals surface area contributed by atoms with Gasteiger partial charge in [-0.2, -0.15) is 0 Å². The number of aryl methyl sites for hydroxylation is 1. The van der Waals surface area contributed by atoms with Crippen LogP contribution in [0.15, 0.2) is 18.2 Å². The molecule has 0 bridgehead atoms. The number of nitrogens with one attached hydrogen (secondary N) is 1. The van der Waals surface area contributed by atoms with E-state index in [9.17, 15) is 0 Å². The highest BCUT2D eigenvalue weighted by Gasteiger charge is 2.21. The smallest absolute Gasteiger partial charge is 0.123 e. The number of rotatable bonds is 6. The quantitative estimate of drug-likeness (QED) is 0.778. The molecule has 0 amide bonds. The van der Waals surface area contributed by atoms with Gasteiger partial charge in [0.1, 0.15) is 11.9 Å². The Kier molecular flexibility index (Phi) is 4.61. The van der Waals surface area contributed by atoms with Crippen molar-refractivity contribution in [2.75, 3.05) is 33.7 Å². The third kappa shape index (κ3) is 3.72. The van der Waals surface area contributed by atoms with Gasteiger partial charge in [-0.3, -0.25) is 0 Å². The second kappa shape index (κ2) is 6.21. The summed E-state index contributed by atoms with van der Waals surface area (Å²) in [4.78, 5) is 2.21. The summed E-state index contributed by atoms with van der Waals surface area (Å²) in [6.07, 6.45) is 2.53. The van der Waals surface area contributed by atoms with Crippen LogP contribution in [0.25, 0.3) is 0 Å². The summed E-state index contributed by atoms with van der Waals surface area (Å²) in [6, 6.07) is 6.45. The van der Waals surface area contributed by atoms with E-state index in [1.165, 1.54) is 17.5 Å². The van der Waals surface area contributed by atoms with E-state index in [1.54, 1.807) is 0 Å². The van der Waals surface area contributed by atoms with Crippen molar-refractivity contribution >= 4 is 0 Å². The second-order valence-corrected chi connectivity index (χ2v) is 5.42. The van der Waals surface area contributed by atoms with Crippen LogP contribution < -0.4 is 10.1 Å². The molecule has 1 heterocycles. The summed E-state index contributed by atoms with van der Waals surface area (Å²) in [7, 11) is 4.22. The molecule has 1 unspecified atom stereocenters. The highest BCUT2D eigenvalue weighted by molar-refractivity contribution is 5.40. The van der Waals surface area contributed by atoms with Gasteiger partial charge in [0.15, 0.2) is 0 Å². The molecule has 1 N–H and O–H groups in total. The first kappa shape index (κ1) is 13.4. The topological polar surface area (TPSA) is 24.5 Å². The summed E-state index contributed by atoms with van der Waals surface area (Å²) in [5, 5.41) is 3.48. The zero-order valence-corrected chi connectivity index (χ0v) is 11.7. The first-order valence-corrected chi connectivity index (χ1v) is 6.77. The zero-order valence-electron chi connectivity index (χ0n) is 11.7. The van der Waals surface area contributed by atoms with Crippen molar-refractivity contribution in [3.8, 4) is 5.75 Å². The fraction of sp³-hybridized carbons (Fsp3) is 0.600. The summed E-state index contributed by atoms with van der Waals surface area (Å²) >= 11 is 0. The molecule has 1 atom stereocenters. The molecule has 1 aromatic rings. The lowest BCUT2D eigenvalue weighted by Gasteiger charge is -2.13. The Balaban J connectivity index is 1.68. The standard InChI is InChI=1S/C15H24N2O/c1-12-5-6-15-13(9-12)10-14(18-15)11-16-7-4-8-17(2)3/h5-6,9,14,16H,4,7-8,10-11H2,1-3H3. The van der Waals surface area contributed by atoms with E-state index in [0.717, 1.165) is 31.8 Å². The number of hydrogen-bond donors (Lipinski definition) is 1. The molecule has 1 aromatic carbocycles. The highest BCUT2D eigenvalue weighted by Crippen LogP contribution is 2.29. The maximum Gasteiger partial charge on any atom is 0.123 e. The Labute approximate surface area is 110 Å². The van der Waals surface area contributed by atoms with E-state index in [0.29, 0.717) is 6.10 Å². The maximum atomic E-state index is 5.92. The van der Waals surface area contributed by atoms with Crippen LogP contribution in [0.4, 0.5) is 0 Å². The Morgan fingerprint density at radius 2 is 2.22 bits per heavy atom. The molecular formula is C15H24N2O. The van der Waals surface area contributed by atoms with Gasteiger partial charge in [-0.1, -0.05) is 17.7 Å². The fourth-order valence-electron chi connectivity index (χ4n) is 2.35. The Bertz CT molecular complexity index is 390. The van der Waals surface area contributed by atoms with Crippen LogP contribution in [0, 0.1) is 6.92 Å². The molecule has 3 heteroatoms. The number of fused-ring (bicyclic) bond motifs is 1. The molecule has 0 aliphatic carbocycles. The molecule has 0 aromatic heterocycles. The van der Waals surface area contributed by atoms with Gasteiger partial charge in [0, 0.05) is 13.0 Å². The fourth-order valence-corrected chi connectivity index (χ4v) is 2.35. The zero-order chi connectivity index (χ0) is 13.0. The number of hydrogen-bond acceptors (Lipinski definition) is 3. The molecule has 0 radical (unpaired) electrons. The van der Waals surface area contributed by atoms with E-state index < -0.39 is 0 Å². The van der Waals surface area contributed by atoms with Crippen LogP contribution in [0.5, 0.6) is 5.75 Å². The summed E-state index contributed by atoms with van der Waals surface area (Å²) in [5.41, 5.74) is 2.67. The van der Waals surface area contributed by atoms with Crippen LogP contribution in [-0.2, 0) is 6.42 Å². The normalized spacial score (nSPS) is 17.9. The van der Waals surface area contributed by atoms with Gasteiger partial charge >= 0.3 is 0 Å². The largest absolute Gasteiger partial charge is 0.488 e. The van der Waals surface area contributed by atoms with E-state index in [4.69, 9.17) is 4.74 Å². The van der Waals surface area contributed by atoms with Crippen LogP contribution in [0.3, 0.4) is 0 Å². The molecule has 3 nitrogen and oxygen atoms in total. The minimum absolute atomic E-state index is 0.307. The average molecular weight is 248 g/mol. The van der Waals surface area contributed by atoms with Gasteiger partial charge in [-0.25, -0.2) is 0 Å². The van der Waals surface area contributed by atoms with Gasteiger partial charge in [0.2, 0.25) is 0 Å². The van der Waals surface area contributed by atoms with Crippen LogP contribution in [-0.4, -0.2) is 44.7 Å². The molecule has 0 saturated heterocycles. The Morgan fingerprint density at radius 3 is 3.00 bits per heavy atom. The van der Waals surface area contributed by atoms with E-state index in [1.807, 2.05) is 0 Å². The monoisotopic (exact) mass is 248 g/mol. The van der Waals surface area contributed by atoms with Crippen molar-refractivity contribution in [1.82, 2.24) is 10.2 Å². The molecule has 18 heavy (non-hydrogen) atoms. The van der Waals surface area contributed by atoms with Crippen molar-refractivity contribution in [2.45, 2.75) is 25.9 Å². The summed E-state index contributed by atoms with van der Waals surface area (Å²) in [5.74, 6) is 1.07. The molecule has 2 rings (SSSR count). The molecule has 0 spiro atoms. The van der Waals surface area contributed by atoms with Crippen LogP contribution in [0.2, 0.25) is 0 Å². The average Bonchev–Trinajstić information content (AvgIpc) is 2.70. The predicted octanol–water partition coefficient (Wildman–Crippen LogP) is 1.84. The molecule has 1 aliphatic rings. The van der Waals surface area contributed by atoms with Crippen molar-refractivity contribution in [3.05, 3.63) is 29.3 Å². The van der Waals surface area contributed by atoms with Crippen LogP contribution >= 0.6 is 0 Å². The maximum absolute atomic E-state index is 5.92. The third-order valence-corrected chi connectivity index (χ3v) is 3.29. The lowest BCUT2D eigenvalue weighted by molar-refractivity contribution is 0.227. The Morgan fingerprint density at radius 1 is 1.39 bits per heavy atom. The molecule has 100 valence electrons. The van der Waals surface area contributed by atoms with Crippen molar-refractivity contribution in [3.63, 3.8) is 0 Å². The number of nitrogens with zero attached hydrogens (tertiary/aromatic N) is 1. The van der Waals surface area contributed by atoms with E-state index >= 15 is 0 Å². The van der Waals surface area contributed by atoms with Crippen molar-refractivity contribution in [2.24, 2.45) is 0 Å².